The van der Waals surface area contributed by atoms with E-state index in [1.807, 2.05) is 0 Å². The van der Waals surface area contributed by atoms with E-state index in [9.17, 15) is 9.50 Å². The Balaban J connectivity index is 1.92. The summed E-state index contributed by atoms with van der Waals surface area (Å²) in [5.74, 6) is -0.302. The summed E-state index contributed by atoms with van der Waals surface area (Å²) in [6.07, 6.45) is -0.154. The van der Waals surface area contributed by atoms with Gasteiger partial charge in [0.05, 0.1) is 19.3 Å². The van der Waals surface area contributed by atoms with Crippen LogP contribution in [0.25, 0.3) is 0 Å². The van der Waals surface area contributed by atoms with E-state index in [0.717, 1.165) is 10.0 Å². The third kappa shape index (κ3) is 3.74. The van der Waals surface area contributed by atoms with Crippen molar-refractivity contribution in [1.82, 2.24) is 0 Å². The second-order valence-electron chi connectivity index (χ2n) is 4.00. The van der Waals surface area contributed by atoms with Crippen LogP contribution in [-0.4, -0.2) is 30.7 Å². The maximum atomic E-state index is 13.1. The highest BCUT2D eigenvalue weighted by molar-refractivity contribution is 9.10. The first-order chi connectivity index (χ1) is 8.15. The minimum absolute atomic E-state index is 0.302. The lowest BCUT2D eigenvalue weighted by Crippen LogP contribution is -2.20. The van der Waals surface area contributed by atoms with Crippen LogP contribution in [-0.2, 0) is 15.9 Å². The van der Waals surface area contributed by atoms with Crippen LogP contribution in [0.3, 0.4) is 0 Å². The molecule has 1 atom stereocenters. The summed E-state index contributed by atoms with van der Waals surface area (Å²) >= 11 is 3.33. The van der Waals surface area contributed by atoms with Crippen LogP contribution in [0.2, 0.25) is 0 Å². The van der Waals surface area contributed by atoms with Crippen molar-refractivity contribution in [3.05, 3.63) is 34.1 Å². The van der Waals surface area contributed by atoms with E-state index in [0.29, 0.717) is 26.1 Å². The van der Waals surface area contributed by atoms with Crippen molar-refractivity contribution in [1.29, 1.82) is 0 Å². The fraction of sp³-hybridized carbons (Fsp3) is 0.500. The van der Waals surface area contributed by atoms with E-state index in [1.54, 1.807) is 6.07 Å². The Morgan fingerprint density at radius 1 is 1.41 bits per heavy atom. The summed E-state index contributed by atoms with van der Waals surface area (Å²) in [6.45, 7) is 1.14. The van der Waals surface area contributed by atoms with Gasteiger partial charge in [-0.25, -0.2) is 4.39 Å². The number of halogens is 2. The van der Waals surface area contributed by atoms with Crippen molar-refractivity contribution in [2.45, 2.75) is 25.2 Å². The lowest BCUT2D eigenvalue weighted by atomic mass is 10.1. The zero-order chi connectivity index (χ0) is 12.3. The van der Waals surface area contributed by atoms with Crippen LogP contribution in [0, 0.1) is 5.82 Å². The lowest BCUT2D eigenvalue weighted by molar-refractivity contribution is -0.0698. The number of rotatable bonds is 4. The smallest absolute Gasteiger partial charge is 0.160 e. The van der Waals surface area contributed by atoms with Crippen LogP contribution in [0.1, 0.15) is 12.0 Å². The average Bonchev–Trinajstić information content (AvgIpc) is 2.76. The molecule has 1 aliphatic heterocycles. The molecule has 1 unspecified atom stereocenters. The molecule has 0 bridgehead atoms. The first-order valence-electron chi connectivity index (χ1n) is 5.50. The molecule has 0 amide bonds. The largest absolute Gasteiger partial charge is 0.393 e. The van der Waals surface area contributed by atoms with Gasteiger partial charge in [-0.15, -0.1) is 0 Å². The summed E-state index contributed by atoms with van der Waals surface area (Å²) in [4.78, 5) is 0. The Morgan fingerprint density at radius 3 is 2.82 bits per heavy atom. The normalized spacial score (nSPS) is 18.5. The number of hydrogen-bond acceptors (Lipinski definition) is 3. The van der Waals surface area contributed by atoms with Crippen LogP contribution < -0.4 is 0 Å². The highest BCUT2D eigenvalue weighted by Crippen LogP contribution is 2.21. The highest BCUT2D eigenvalue weighted by atomic mass is 79.9. The van der Waals surface area contributed by atoms with Gasteiger partial charge in [0.2, 0.25) is 0 Å². The van der Waals surface area contributed by atoms with Crippen LogP contribution in [0.15, 0.2) is 22.7 Å². The van der Waals surface area contributed by atoms with Gasteiger partial charge in [-0.1, -0.05) is 15.9 Å². The molecule has 2 rings (SSSR count). The zero-order valence-corrected chi connectivity index (χ0v) is 10.8. The molecule has 3 nitrogen and oxygen atoms in total. The third-order valence-electron chi connectivity index (χ3n) is 2.62. The van der Waals surface area contributed by atoms with Gasteiger partial charge in [0.15, 0.2) is 6.29 Å². The second kappa shape index (κ2) is 5.91. The molecule has 0 radical (unpaired) electrons. The van der Waals surface area contributed by atoms with E-state index in [2.05, 4.69) is 15.9 Å². The van der Waals surface area contributed by atoms with Crippen LogP contribution in [0.5, 0.6) is 0 Å². The Bertz CT molecular complexity index is 380. The summed E-state index contributed by atoms with van der Waals surface area (Å²) in [6, 6.07) is 4.44. The standard InChI is InChI=1S/C12H14BrFO3/c13-11-2-1-9(14)5-8(11)6-10(15)7-12-16-3-4-17-12/h1-2,5,10,12,15H,3-4,6-7H2. The van der Waals surface area contributed by atoms with Crippen molar-refractivity contribution in [2.75, 3.05) is 13.2 Å². The fourth-order valence-electron chi connectivity index (χ4n) is 1.80. The van der Waals surface area contributed by atoms with E-state index in [1.165, 1.54) is 12.1 Å². The minimum Gasteiger partial charge on any atom is -0.393 e. The van der Waals surface area contributed by atoms with Crippen molar-refractivity contribution in [2.24, 2.45) is 0 Å². The summed E-state index contributed by atoms with van der Waals surface area (Å²) in [5, 5.41) is 9.88. The molecule has 1 fully saturated rings. The van der Waals surface area contributed by atoms with Gasteiger partial charge in [0.1, 0.15) is 5.82 Å². The van der Waals surface area contributed by atoms with E-state index < -0.39 is 6.10 Å². The topological polar surface area (TPSA) is 38.7 Å². The van der Waals surface area contributed by atoms with Gasteiger partial charge < -0.3 is 14.6 Å². The lowest BCUT2D eigenvalue weighted by Gasteiger charge is -2.15. The highest BCUT2D eigenvalue weighted by Gasteiger charge is 2.20. The molecular weight excluding hydrogens is 291 g/mol. The summed E-state index contributed by atoms with van der Waals surface area (Å²) in [5.41, 5.74) is 0.746. The van der Waals surface area contributed by atoms with Gasteiger partial charge in [-0.3, -0.25) is 0 Å². The molecule has 1 aromatic carbocycles. The summed E-state index contributed by atoms with van der Waals surface area (Å²) in [7, 11) is 0. The van der Waals surface area contributed by atoms with Gasteiger partial charge in [-0.05, 0) is 30.2 Å². The Labute approximate surface area is 108 Å². The maximum absolute atomic E-state index is 13.1. The monoisotopic (exact) mass is 304 g/mol. The molecule has 1 heterocycles. The first-order valence-corrected chi connectivity index (χ1v) is 6.29. The predicted molar refractivity (Wildman–Crippen MR) is 64.1 cm³/mol. The molecule has 1 aromatic rings. The van der Waals surface area contributed by atoms with Gasteiger partial charge >= 0.3 is 0 Å². The molecule has 0 saturated carbocycles. The second-order valence-corrected chi connectivity index (χ2v) is 4.85. The Kier molecular flexibility index (Phi) is 4.50. The van der Waals surface area contributed by atoms with Crippen molar-refractivity contribution >= 4 is 15.9 Å². The van der Waals surface area contributed by atoms with E-state index in [-0.39, 0.29) is 12.1 Å². The van der Waals surface area contributed by atoms with Crippen molar-refractivity contribution in [3.8, 4) is 0 Å². The molecule has 17 heavy (non-hydrogen) atoms. The van der Waals surface area contributed by atoms with Crippen molar-refractivity contribution in [3.63, 3.8) is 0 Å². The maximum Gasteiger partial charge on any atom is 0.160 e. The number of ether oxygens (including phenoxy) is 2. The molecule has 1 aliphatic rings. The molecule has 94 valence electrons. The number of benzene rings is 1. The van der Waals surface area contributed by atoms with Crippen molar-refractivity contribution < 1.29 is 19.0 Å². The van der Waals surface area contributed by atoms with Gasteiger partial charge in [0.25, 0.3) is 0 Å². The minimum atomic E-state index is -0.601. The molecule has 0 aromatic heterocycles. The molecule has 1 saturated heterocycles. The predicted octanol–water partition coefficient (Wildman–Crippen LogP) is 2.25. The molecule has 1 N–H and O–H groups in total. The molecule has 0 aliphatic carbocycles. The van der Waals surface area contributed by atoms with Gasteiger partial charge in [0, 0.05) is 10.9 Å². The SMILES string of the molecule is OC(Cc1cc(F)ccc1Br)CC1OCCO1. The Morgan fingerprint density at radius 2 is 2.12 bits per heavy atom. The number of aliphatic hydroxyl groups excluding tert-OH is 1. The fourth-order valence-corrected chi connectivity index (χ4v) is 2.21. The van der Waals surface area contributed by atoms with Crippen LogP contribution in [0.4, 0.5) is 4.39 Å². The zero-order valence-electron chi connectivity index (χ0n) is 9.23. The first kappa shape index (κ1) is 13.0. The summed E-state index contributed by atoms with van der Waals surface area (Å²) < 4.78 is 24.3. The average molecular weight is 305 g/mol. The Hall–Kier alpha value is -0.490. The van der Waals surface area contributed by atoms with Crippen LogP contribution >= 0.6 is 15.9 Å². The number of hydrogen-bond donors (Lipinski definition) is 1. The quantitative estimate of drug-likeness (QED) is 0.927. The van der Waals surface area contributed by atoms with E-state index >= 15 is 0 Å². The van der Waals surface area contributed by atoms with Gasteiger partial charge in [-0.2, -0.15) is 0 Å². The molecule has 5 heteroatoms. The van der Waals surface area contributed by atoms with E-state index in [4.69, 9.17) is 9.47 Å². The third-order valence-corrected chi connectivity index (χ3v) is 3.39. The number of aliphatic hydroxyl groups is 1. The molecule has 0 spiro atoms. The molecular formula is C12H14BrFO3.